The van der Waals surface area contributed by atoms with Crippen LogP contribution in [0.15, 0.2) is 52.2 Å². The van der Waals surface area contributed by atoms with Crippen LogP contribution in [0.2, 0.25) is 0 Å². The lowest BCUT2D eigenvalue weighted by atomic mass is 9.48. The standard InChI is InChI=1S/C34H42N2O3/c1-23(38)34(16-6-20-37)17-15-31-29-13-9-25-21-26(35-39)10-14-28(25)32(29)30(22-33(31,34)2)24-7-11-27(12-8-24)36-18-4-3-5-19-36/h7-8,11-12,21,29-31,37,39H,3-5,9-10,13-15,17-20,22H2,1-2H3/b35-26+/t29-,30+,31-,33-,34+/m0/s1. The van der Waals surface area contributed by atoms with E-state index in [-0.39, 0.29) is 23.7 Å². The van der Waals surface area contributed by atoms with Gasteiger partial charge in [0.15, 0.2) is 0 Å². The fourth-order valence-corrected chi connectivity index (χ4v) is 9.21. The average Bonchev–Trinajstić information content (AvgIpc) is 3.28. The van der Waals surface area contributed by atoms with E-state index in [1.807, 2.05) is 0 Å². The van der Waals surface area contributed by atoms with E-state index in [1.54, 1.807) is 12.5 Å². The lowest BCUT2D eigenvalue weighted by Crippen LogP contribution is -2.50. The SMILES string of the molecule is CC(=O)[C@@]1(C#CCO)CC[C@H]2[C@@H]3CCC4=C/C(=N/O)CCC4=C3[C@@H](c3ccc(N4CCCCC4)cc3)C[C@@]21C. The predicted molar refractivity (Wildman–Crippen MR) is 155 cm³/mol. The Bertz CT molecular complexity index is 1290. The summed E-state index contributed by atoms with van der Waals surface area (Å²) in [5.74, 6) is 7.47. The zero-order valence-corrected chi connectivity index (χ0v) is 23.5. The van der Waals surface area contributed by atoms with Gasteiger partial charge in [-0.05, 0) is 123 Å². The van der Waals surface area contributed by atoms with Gasteiger partial charge < -0.3 is 15.2 Å². The molecule has 0 aromatic heterocycles. The van der Waals surface area contributed by atoms with Gasteiger partial charge in [-0.15, -0.1) is 0 Å². The van der Waals surface area contributed by atoms with E-state index in [0.717, 1.165) is 63.7 Å². The summed E-state index contributed by atoms with van der Waals surface area (Å²) in [6, 6.07) is 9.30. The fraction of sp³-hybridized carbons (Fsp3) is 0.588. The number of carbonyl (C=O) groups excluding carboxylic acids is 1. The summed E-state index contributed by atoms with van der Waals surface area (Å²) in [7, 11) is 0. The number of anilines is 1. The van der Waals surface area contributed by atoms with E-state index in [4.69, 9.17) is 0 Å². The van der Waals surface area contributed by atoms with Gasteiger partial charge in [-0.25, -0.2) is 0 Å². The number of benzene rings is 1. The number of hydrogen-bond donors (Lipinski definition) is 2. The van der Waals surface area contributed by atoms with E-state index in [1.165, 1.54) is 41.7 Å². The quantitative estimate of drug-likeness (QED) is 0.271. The van der Waals surface area contributed by atoms with E-state index in [2.05, 4.69) is 59.2 Å². The lowest BCUT2D eigenvalue weighted by Gasteiger charge is -2.54. The summed E-state index contributed by atoms with van der Waals surface area (Å²) in [5.41, 5.74) is 6.87. The molecule has 1 aliphatic heterocycles. The van der Waals surface area contributed by atoms with E-state index in [9.17, 15) is 15.1 Å². The molecule has 0 spiro atoms. The number of ketones is 1. The molecule has 3 fully saturated rings. The molecule has 2 saturated carbocycles. The molecule has 0 unspecified atom stereocenters. The number of rotatable bonds is 3. The molecule has 1 aromatic carbocycles. The molecule has 1 saturated heterocycles. The summed E-state index contributed by atoms with van der Waals surface area (Å²) in [4.78, 5) is 15.9. The van der Waals surface area contributed by atoms with Crippen molar-refractivity contribution >= 4 is 17.2 Å². The maximum atomic E-state index is 13.4. The first kappa shape index (κ1) is 26.4. The van der Waals surface area contributed by atoms with Crippen LogP contribution in [0.4, 0.5) is 5.69 Å². The van der Waals surface area contributed by atoms with Crippen LogP contribution in [0.3, 0.4) is 0 Å². The first-order valence-electron chi connectivity index (χ1n) is 15.0. The van der Waals surface area contributed by atoms with Crippen molar-refractivity contribution in [2.45, 2.75) is 84.0 Å². The Balaban J connectivity index is 1.47. The Morgan fingerprint density at radius 1 is 1.10 bits per heavy atom. The van der Waals surface area contributed by atoms with Gasteiger partial charge in [0, 0.05) is 24.7 Å². The molecule has 1 aromatic rings. The van der Waals surface area contributed by atoms with Crippen LogP contribution >= 0.6 is 0 Å². The minimum atomic E-state index is -0.706. The molecule has 1 heterocycles. The van der Waals surface area contributed by atoms with Crippen LogP contribution in [0.25, 0.3) is 0 Å². The molecule has 0 amide bonds. The van der Waals surface area contributed by atoms with Crippen molar-refractivity contribution in [1.29, 1.82) is 0 Å². The van der Waals surface area contributed by atoms with Crippen LogP contribution in [-0.4, -0.2) is 41.5 Å². The molecule has 5 heteroatoms. The Kier molecular flexibility index (Phi) is 6.96. The Hall–Kier alpha value is -2.84. The second-order valence-electron chi connectivity index (χ2n) is 12.7. The van der Waals surface area contributed by atoms with Crippen molar-refractivity contribution in [1.82, 2.24) is 0 Å². The Labute approximate surface area is 233 Å². The number of allylic oxidation sites excluding steroid dienone is 4. The van der Waals surface area contributed by atoms with Gasteiger partial charge in [0.2, 0.25) is 0 Å². The van der Waals surface area contributed by atoms with Crippen LogP contribution in [0, 0.1) is 34.5 Å². The molecule has 0 radical (unpaired) electrons. The molecule has 5 nitrogen and oxygen atoms in total. The van der Waals surface area contributed by atoms with Crippen LogP contribution in [-0.2, 0) is 4.79 Å². The third-order valence-electron chi connectivity index (χ3n) is 11.1. The monoisotopic (exact) mass is 526 g/mol. The second-order valence-corrected chi connectivity index (χ2v) is 12.7. The Morgan fingerprint density at radius 3 is 2.56 bits per heavy atom. The highest BCUT2D eigenvalue weighted by Gasteiger charge is 2.64. The van der Waals surface area contributed by atoms with Gasteiger partial charge in [-0.2, -0.15) is 0 Å². The molecule has 5 atom stereocenters. The number of aliphatic hydroxyl groups excluding tert-OH is 1. The minimum absolute atomic E-state index is 0.154. The molecule has 0 bridgehead atoms. The molecular weight excluding hydrogens is 484 g/mol. The lowest BCUT2D eigenvalue weighted by molar-refractivity contribution is -0.130. The highest BCUT2D eigenvalue weighted by atomic mass is 16.4. The van der Waals surface area contributed by atoms with Gasteiger partial charge in [-0.1, -0.05) is 41.6 Å². The van der Waals surface area contributed by atoms with Gasteiger partial charge in [0.25, 0.3) is 0 Å². The largest absolute Gasteiger partial charge is 0.411 e. The number of aliphatic hydroxyl groups is 1. The smallest absolute Gasteiger partial charge is 0.148 e. The maximum absolute atomic E-state index is 13.4. The van der Waals surface area contributed by atoms with Crippen LogP contribution in [0.5, 0.6) is 0 Å². The maximum Gasteiger partial charge on any atom is 0.148 e. The zero-order valence-electron chi connectivity index (χ0n) is 23.5. The average molecular weight is 527 g/mol. The molecule has 206 valence electrons. The summed E-state index contributed by atoms with van der Waals surface area (Å²) in [6.45, 7) is 6.10. The van der Waals surface area contributed by atoms with Crippen LogP contribution < -0.4 is 4.90 Å². The van der Waals surface area contributed by atoms with E-state index >= 15 is 0 Å². The first-order valence-corrected chi connectivity index (χ1v) is 15.0. The topological polar surface area (TPSA) is 73.1 Å². The summed E-state index contributed by atoms with van der Waals surface area (Å²) >= 11 is 0. The van der Waals surface area contributed by atoms with Gasteiger partial charge in [0.1, 0.15) is 12.4 Å². The Morgan fingerprint density at radius 2 is 1.87 bits per heavy atom. The molecule has 2 N–H and O–H groups in total. The van der Waals surface area contributed by atoms with Crippen molar-refractivity contribution < 1.29 is 15.1 Å². The second kappa shape index (κ2) is 10.3. The third-order valence-corrected chi connectivity index (χ3v) is 11.1. The first-order chi connectivity index (χ1) is 18.9. The molecule has 5 aliphatic rings. The summed E-state index contributed by atoms with van der Waals surface area (Å²) in [5, 5.41) is 22.6. The normalized spacial score (nSPS) is 34.9. The molecular formula is C34H42N2O3. The van der Waals surface area contributed by atoms with Crippen molar-refractivity contribution in [3.63, 3.8) is 0 Å². The number of piperidine rings is 1. The van der Waals surface area contributed by atoms with Crippen molar-refractivity contribution in [3.8, 4) is 11.8 Å². The number of Topliss-reactive ketones (excluding diaryl/α,β-unsaturated/α-hetero) is 1. The van der Waals surface area contributed by atoms with Gasteiger partial charge in [0.05, 0.1) is 11.1 Å². The highest BCUT2D eigenvalue weighted by molar-refractivity contribution is 5.97. The summed E-state index contributed by atoms with van der Waals surface area (Å²) < 4.78 is 0. The van der Waals surface area contributed by atoms with Crippen molar-refractivity contribution in [3.05, 3.63) is 52.6 Å². The number of oxime groups is 1. The van der Waals surface area contributed by atoms with E-state index in [0.29, 0.717) is 11.8 Å². The minimum Gasteiger partial charge on any atom is -0.411 e. The van der Waals surface area contributed by atoms with Crippen molar-refractivity contribution in [2.75, 3.05) is 24.6 Å². The number of fused-ring (bicyclic) bond motifs is 4. The third kappa shape index (κ3) is 4.18. The number of nitrogens with zero attached hydrogens (tertiary/aromatic N) is 2. The number of hydrogen-bond acceptors (Lipinski definition) is 5. The number of carbonyl (C=O) groups is 1. The zero-order chi connectivity index (χ0) is 27.2. The summed E-state index contributed by atoms with van der Waals surface area (Å²) in [6.07, 6.45) is 12.4. The predicted octanol–water partition coefficient (Wildman–Crippen LogP) is 6.41. The molecule has 6 rings (SSSR count). The van der Waals surface area contributed by atoms with Gasteiger partial charge in [-0.3, -0.25) is 4.79 Å². The molecule has 4 aliphatic carbocycles. The van der Waals surface area contributed by atoms with E-state index < -0.39 is 5.41 Å². The van der Waals surface area contributed by atoms with Gasteiger partial charge >= 0.3 is 0 Å². The molecule has 39 heavy (non-hydrogen) atoms. The van der Waals surface area contributed by atoms with Crippen molar-refractivity contribution in [2.24, 2.45) is 27.8 Å². The van der Waals surface area contributed by atoms with Crippen LogP contribution in [0.1, 0.15) is 89.5 Å². The fourth-order valence-electron chi connectivity index (χ4n) is 9.21. The highest BCUT2D eigenvalue weighted by Crippen LogP contribution is 2.69.